The van der Waals surface area contributed by atoms with Gasteiger partial charge in [-0.3, -0.25) is 0 Å². The number of fused-ring (bicyclic) bond motifs is 2. The summed E-state index contributed by atoms with van der Waals surface area (Å²) >= 11 is 6.06. The third kappa shape index (κ3) is 2.44. The van der Waals surface area contributed by atoms with Crippen LogP contribution in [0.1, 0.15) is 31.2 Å². The van der Waals surface area contributed by atoms with Crippen molar-refractivity contribution in [3.05, 3.63) is 28.8 Å². The Hall–Kier alpha value is -1.20. The second kappa shape index (κ2) is 5.06. The lowest BCUT2D eigenvalue weighted by molar-refractivity contribution is 0.337. The summed E-state index contributed by atoms with van der Waals surface area (Å²) in [5.74, 6) is 2.68. The molecule has 2 bridgehead atoms. The number of nitriles is 1. The number of rotatable bonds is 3. The molecule has 3 unspecified atom stereocenters. The summed E-state index contributed by atoms with van der Waals surface area (Å²) < 4.78 is 0. The van der Waals surface area contributed by atoms with E-state index in [1.54, 1.807) is 6.07 Å². The third-order valence-electron chi connectivity index (χ3n) is 4.88. The molecule has 2 fully saturated rings. The van der Waals surface area contributed by atoms with E-state index in [1.807, 2.05) is 12.1 Å². The van der Waals surface area contributed by atoms with Gasteiger partial charge < -0.3 is 4.90 Å². The molecule has 3 rings (SSSR count). The normalized spacial score (nSPS) is 28.4. The summed E-state index contributed by atoms with van der Waals surface area (Å²) in [4.78, 5) is 2.22. The molecule has 0 amide bonds. The van der Waals surface area contributed by atoms with Gasteiger partial charge in [0, 0.05) is 18.6 Å². The molecule has 0 N–H and O–H groups in total. The molecule has 0 radical (unpaired) electrons. The van der Waals surface area contributed by atoms with E-state index in [0.717, 1.165) is 35.5 Å². The largest absolute Gasteiger partial charge is 0.373 e. The molecule has 2 nitrogen and oxygen atoms in total. The molecule has 1 aromatic rings. The van der Waals surface area contributed by atoms with Gasteiger partial charge >= 0.3 is 0 Å². The first kappa shape index (κ1) is 12.8. The van der Waals surface area contributed by atoms with Crippen LogP contribution in [-0.2, 0) is 0 Å². The van der Waals surface area contributed by atoms with Crippen LogP contribution in [0.5, 0.6) is 0 Å². The van der Waals surface area contributed by atoms with E-state index >= 15 is 0 Å². The second-order valence-electron chi connectivity index (χ2n) is 6.09. The topological polar surface area (TPSA) is 27.0 Å². The van der Waals surface area contributed by atoms with Crippen molar-refractivity contribution in [3.8, 4) is 6.07 Å². The number of nitrogens with zero attached hydrogens (tertiary/aromatic N) is 2. The van der Waals surface area contributed by atoms with E-state index in [2.05, 4.69) is 18.0 Å². The van der Waals surface area contributed by atoms with Crippen molar-refractivity contribution < 1.29 is 0 Å². The monoisotopic (exact) mass is 274 g/mol. The van der Waals surface area contributed by atoms with Crippen molar-refractivity contribution in [3.63, 3.8) is 0 Å². The fourth-order valence-electron chi connectivity index (χ4n) is 3.97. The van der Waals surface area contributed by atoms with Gasteiger partial charge in [0.1, 0.15) is 6.07 Å². The summed E-state index contributed by atoms with van der Waals surface area (Å²) in [7, 11) is 2.08. The molecule has 0 aromatic heterocycles. The smallest absolute Gasteiger partial charge is 0.101 e. The Labute approximate surface area is 120 Å². The molecule has 100 valence electrons. The molecular formula is C16H19ClN2. The highest BCUT2D eigenvalue weighted by Crippen LogP contribution is 2.48. The van der Waals surface area contributed by atoms with Crippen LogP contribution < -0.4 is 4.90 Å². The van der Waals surface area contributed by atoms with Gasteiger partial charge in [0.05, 0.1) is 11.3 Å². The van der Waals surface area contributed by atoms with Gasteiger partial charge in [-0.2, -0.15) is 5.26 Å². The van der Waals surface area contributed by atoms with Gasteiger partial charge in [0.2, 0.25) is 0 Å². The number of hydrogen-bond acceptors (Lipinski definition) is 2. The van der Waals surface area contributed by atoms with Crippen LogP contribution in [0, 0.1) is 29.1 Å². The molecule has 0 saturated heterocycles. The predicted octanol–water partition coefficient (Wildman–Crippen LogP) is 4.08. The van der Waals surface area contributed by atoms with Crippen molar-refractivity contribution in [1.82, 2.24) is 0 Å². The lowest BCUT2D eigenvalue weighted by Crippen LogP contribution is -2.29. The molecular weight excluding hydrogens is 256 g/mol. The predicted molar refractivity (Wildman–Crippen MR) is 78.4 cm³/mol. The minimum atomic E-state index is 0.703. The van der Waals surface area contributed by atoms with Crippen molar-refractivity contribution in [2.24, 2.45) is 17.8 Å². The van der Waals surface area contributed by atoms with Crippen LogP contribution in [0.4, 0.5) is 5.69 Å². The zero-order valence-electron chi connectivity index (χ0n) is 11.3. The molecule has 0 spiro atoms. The van der Waals surface area contributed by atoms with E-state index in [0.29, 0.717) is 5.02 Å². The Balaban J connectivity index is 1.75. The summed E-state index contributed by atoms with van der Waals surface area (Å²) in [5.41, 5.74) is 1.69. The maximum atomic E-state index is 9.20. The fourth-order valence-corrected chi connectivity index (χ4v) is 4.13. The van der Waals surface area contributed by atoms with E-state index in [-0.39, 0.29) is 0 Å². The average molecular weight is 275 g/mol. The molecule has 1 aromatic carbocycles. The van der Waals surface area contributed by atoms with Crippen LogP contribution >= 0.6 is 11.6 Å². The second-order valence-corrected chi connectivity index (χ2v) is 6.53. The van der Waals surface area contributed by atoms with Crippen molar-refractivity contribution in [1.29, 1.82) is 5.26 Å². The maximum absolute atomic E-state index is 9.20. The highest BCUT2D eigenvalue weighted by Gasteiger charge is 2.39. The first-order chi connectivity index (χ1) is 9.17. The van der Waals surface area contributed by atoms with Crippen molar-refractivity contribution in [2.75, 3.05) is 18.5 Å². The maximum Gasteiger partial charge on any atom is 0.101 e. The van der Waals surface area contributed by atoms with E-state index < -0.39 is 0 Å². The summed E-state index contributed by atoms with van der Waals surface area (Å²) in [6.07, 6.45) is 5.64. The van der Waals surface area contributed by atoms with Gasteiger partial charge in [-0.25, -0.2) is 0 Å². The quantitative estimate of drug-likeness (QED) is 0.830. The van der Waals surface area contributed by atoms with Crippen LogP contribution in [0.3, 0.4) is 0 Å². The lowest BCUT2D eigenvalue weighted by Gasteiger charge is -2.29. The Morgan fingerprint density at radius 2 is 2.21 bits per heavy atom. The molecule has 2 aliphatic carbocycles. The number of hydrogen-bond donors (Lipinski definition) is 0. The van der Waals surface area contributed by atoms with Crippen LogP contribution in [0.15, 0.2) is 18.2 Å². The number of halogens is 1. The van der Waals surface area contributed by atoms with E-state index in [9.17, 15) is 5.26 Å². The average Bonchev–Trinajstić information content (AvgIpc) is 3.01. The number of anilines is 1. The Bertz CT molecular complexity index is 520. The first-order valence-corrected chi connectivity index (χ1v) is 7.46. The highest BCUT2D eigenvalue weighted by molar-refractivity contribution is 6.30. The zero-order chi connectivity index (χ0) is 13.4. The highest BCUT2D eigenvalue weighted by atomic mass is 35.5. The Morgan fingerprint density at radius 3 is 2.84 bits per heavy atom. The van der Waals surface area contributed by atoms with E-state index in [1.165, 1.54) is 25.7 Å². The summed E-state index contributed by atoms with van der Waals surface area (Å²) in [6, 6.07) is 7.77. The van der Waals surface area contributed by atoms with Gasteiger partial charge in [-0.05, 0) is 55.2 Å². The standard InChI is InChI=1S/C16H19ClN2/c1-19(10-14-7-11-2-3-12(14)6-11)16-8-15(17)5-4-13(16)9-18/h4-5,8,11-12,14H,2-3,6-7,10H2,1H3. The molecule has 3 heteroatoms. The fraction of sp³-hybridized carbons (Fsp3) is 0.562. The third-order valence-corrected chi connectivity index (χ3v) is 5.12. The van der Waals surface area contributed by atoms with Gasteiger partial charge in [-0.1, -0.05) is 18.0 Å². The Kier molecular flexibility index (Phi) is 3.41. The minimum absolute atomic E-state index is 0.703. The first-order valence-electron chi connectivity index (χ1n) is 7.08. The van der Waals surface area contributed by atoms with E-state index in [4.69, 9.17) is 11.6 Å². The number of benzene rings is 1. The Morgan fingerprint density at radius 1 is 1.37 bits per heavy atom. The molecule has 0 aliphatic heterocycles. The van der Waals surface area contributed by atoms with Crippen LogP contribution in [0.2, 0.25) is 5.02 Å². The van der Waals surface area contributed by atoms with Gasteiger partial charge in [0.15, 0.2) is 0 Å². The van der Waals surface area contributed by atoms with Crippen LogP contribution in [-0.4, -0.2) is 13.6 Å². The van der Waals surface area contributed by atoms with Crippen molar-refractivity contribution >= 4 is 17.3 Å². The molecule has 2 aliphatic rings. The van der Waals surface area contributed by atoms with Gasteiger partial charge in [0.25, 0.3) is 0 Å². The molecule has 0 heterocycles. The summed E-state index contributed by atoms with van der Waals surface area (Å²) in [6.45, 7) is 1.05. The SMILES string of the molecule is CN(CC1CC2CCC1C2)c1cc(Cl)ccc1C#N. The zero-order valence-corrected chi connectivity index (χ0v) is 12.0. The lowest BCUT2D eigenvalue weighted by atomic mass is 9.88. The van der Waals surface area contributed by atoms with Gasteiger partial charge in [-0.15, -0.1) is 0 Å². The molecule has 3 atom stereocenters. The van der Waals surface area contributed by atoms with Crippen LogP contribution in [0.25, 0.3) is 0 Å². The molecule has 2 saturated carbocycles. The molecule has 19 heavy (non-hydrogen) atoms. The minimum Gasteiger partial charge on any atom is -0.373 e. The van der Waals surface area contributed by atoms with Crippen molar-refractivity contribution in [2.45, 2.75) is 25.7 Å². The summed E-state index contributed by atoms with van der Waals surface area (Å²) in [5, 5.41) is 9.91.